The van der Waals surface area contributed by atoms with Gasteiger partial charge < -0.3 is 4.98 Å². The Hall–Kier alpha value is -1.48. The number of aryl methyl sites for hydroxylation is 2. The van der Waals surface area contributed by atoms with Crippen molar-refractivity contribution in [1.29, 1.82) is 0 Å². The van der Waals surface area contributed by atoms with Crippen LogP contribution in [0, 0.1) is 18.5 Å². The fourth-order valence-electron chi connectivity index (χ4n) is 1.98. The van der Waals surface area contributed by atoms with Gasteiger partial charge in [0.05, 0.1) is 0 Å². The smallest absolute Gasteiger partial charge is 0.130 e. The summed E-state index contributed by atoms with van der Waals surface area (Å²) in [6.07, 6.45) is 0. The molecule has 0 aliphatic rings. The van der Waals surface area contributed by atoms with Gasteiger partial charge in [0.15, 0.2) is 0 Å². The Morgan fingerprint density at radius 1 is 1.11 bits per heavy atom. The number of aromatic nitrogens is 2. The van der Waals surface area contributed by atoms with Crippen LogP contribution in [-0.2, 0) is 5.41 Å². The van der Waals surface area contributed by atoms with Gasteiger partial charge in [-0.05, 0) is 31.5 Å². The van der Waals surface area contributed by atoms with Crippen LogP contribution in [0.4, 0.5) is 0 Å². The van der Waals surface area contributed by atoms with Gasteiger partial charge in [-0.25, -0.2) is 4.98 Å². The van der Waals surface area contributed by atoms with Gasteiger partial charge in [-0.15, -0.1) is 0 Å². The van der Waals surface area contributed by atoms with Crippen LogP contribution in [0.1, 0.15) is 37.7 Å². The van der Waals surface area contributed by atoms with E-state index in [4.69, 9.17) is 12.2 Å². The summed E-state index contributed by atoms with van der Waals surface area (Å²) in [6, 6.07) is 8.38. The summed E-state index contributed by atoms with van der Waals surface area (Å²) in [5, 5.41) is 0. The van der Waals surface area contributed by atoms with Crippen LogP contribution in [0.5, 0.6) is 0 Å². The van der Waals surface area contributed by atoms with Gasteiger partial charge >= 0.3 is 0 Å². The lowest BCUT2D eigenvalue weighted by Gasteiger charge is -2.19. The van der Waals surface area contributed by atoms with Crippen LogP contribution >= 0.6 is 12.2 Å². The van der Waals surface area contributed by atoms with Crippen molar-refractivity contribution in [3.8, 4) is 11.3 Å². The average Bonchev–Trinajstić information content (AvgIpc) is 2.30. The fourth-order valence-corrected chi connectivity index (χ4v) is 2.19. The van der Waals surface area contributed by atoms with Crippen molar-refractivity contribution in [2.24, 2.45) is 0 Å². The maximum absolute atomic E-state index is 5.30. The summed E-state index contributed by atoms with van der Waals surface area (Å²) in [6.45, 7) is 10.6. The van der Waals surface area contributed by atoms with Crippen LogP contribution in [0.15, 0.2) is 24.3 Å². The first kappa shape index (κ1) is 13.9. The standard InChI is InChI=1S/C16H20N2S/c1-10-6-7-11(2)12(8-10)13-9-14(19)18-15(17-13)16(3,4)5/h6-9H,1-5H3,(H,17,18,19). The van der Waals surface area contributed by atoms with Crippen LogP contribution in [0.2, 0.25) is 0 Å². The molecule has 0 atom stereocenters. The normalized spacial score (nSPS) is 11.6. The molecule has 1 aromatic carbocycles. The van der Waals surface area contributed by atoms with E-state index < -0.39 is 0 Å². The van der Waals surface area contributed by atoms with Crippen LogP contribution in [0.25, 0.3) is 11.3 Å². The molecular formula is C16H20N2S. The van der Waals surface area contributed by atoms with Crippen molar-refractivity contribution < 1.29 is 0 Å². The molecule has 19 heavy (non-hydrogen) atoms. The Morgan fingerprint density at radius 3 is 2.42 bits per heavy atom. The molecule has 2 nitrogen and oxygen atoms in total. The molecule has 1 N–H and O–H groups in total. The van der Waals surface area contributed by atoms with E-state index in [0.29, 0.717) is 4.64 Å². The molecule has 2 aromatic rings. The number of nitrogens with zero attached hydrogens (tertiary/aromatic N) is 1. The second kappa shape index (κ2) is 4.89. The number of aromatic amines is 1. The lowest BCUT2D eigenvalue weighted by atomic mass is 9.95. The molecular weight excluding hydrogens is 252 g/mol. The highest BCUT2D eigenvalue weighted by atomic mass is 32.1. The molecule has 0 radical (unpaired) electrons. The van der Waals surface area contributed by atoms with E-state index in [0.717, 1.165) is 11.5 Å². The molecule has 0 saturated carbocycles. The monoisotopic (exact) mass is 272 g/mol. The number of rotatable bonds is 1. The first-order chi connectivity index (χ1) is 8.77. The fraction of sp³-hybridized carbons (Fsp3) is 0.375. The van der Waals surface area contributed by atoms with E-state index in [9.17, 15) is 0 Å². The topological polar surface area (TPSA) is 28.7 Å². The number of nitrogens with one attached hydrogen (secondary N) is 1. The van der Waals surface area contributed by atoms with Crippen molar-refractivity contribution in [2.75, 3.05) is 0 Å². The summed E-state index contributed by atoms with van der Waals surface area (Å²) in [5.41, 5.74) is 4.68. The molecule has 100 valence electrons. The number of benzene rings is 1. The minimum atomic E-state index is -0.0404. The Kier molecular flexibility index (Phi) is 3.59. The molecule has 0 amide bonds. The minimum Gasteiger partial charge on any atom is -0.343 e. The SMILES string of the molecule is Cc1ccc(C)c(-c2cc(=S)nc(C(C)(C)C)[nH]2)c1. The van der Waals surface area contributed by atoms with Crippen LogP contribution in [-0.4, -0.2) is 9.97 Å². The average molecular weight is 272 g/mol. The quantitative estimate of drug-likeness (QED) is 0.761. The van der Waals surface area contributed by atoms with Crippen molar-refractivity contribution in [1.82, 2.24) is 9.97 Å². The summed E-state index contributed by atoms with van der Waals surface area (Å²) >= 11 is 5.30. The molecule has 0 saturated heterocycles. The molecule has 0 fully saturated rings. The highest BCUT2D eigenvalue weighted by Crippen LogP contribution is 2.25. The van der Waals surface area contributed by atoms with Gasteiger partial charge in [0.25, 0.3) is 0 Å². The van der Waals surface area contributed by atoms with Gasteiger partial charge in [0.1, 0.15) is 10.5 Å². The van der Waals surface area contributed by atoms with Crippen LogP contribution in [0.3, 0.4) is 0 Å². The largest absolute Gasteiger partial charge is 0.343 e. The van der Waals surface area contributed by atoms with E-state index in [1.54, 1.807) is 0 Å². The molecule has 1 aromatic heterocycles. The predicted octanol–water partition coefficient (Wildman–Crippen LogP) is 4.72. The van der Waals surface area contributed by atoms with Crippen LogP contribution < -0.4 is 0 Å². The van der Waals surface area contributed by atoms with Gasteiger partial charge in [-0.1, -0.05) is 50.7 Å². The Balaban J connectivity index is 2.66. The predicted molar refractivity (Wildman–Crippen MR) is 83.0 cm³/mol. The minimum absolute atomic E-state index is 0.0404. The zero-order chi connectivity index (χ0) is 14.2. The van der Waals surface area contributed by atoms with Crippen molar-refractivity contribution in [3.05, 3.63) is 45.9 Å². The Labute approximate surface area is 119 Å². The molecule has 1 heterocycles. The van der Waals surface area contributed by atoms with Gasteiger partial charge in [-0.2, -0.15) is 0 Å². The highest BCUT2D eigenvalue weighted by molar-refractivity contribution is 7.71. The van der Waals surface area contributed by atoms with Gasteiger partial charge in [-0.3, -0.25) is 0 Å². The summed E-state index contributed by atoms with van der Waals surface area (Å²) < 4.78 is 0.639. The number of H-pyrrole nitrogens is 1. The summed E-state index contributed by atoms with van der Waals surface area (Å²) in [4.78, 5) is 7.87. The Morgan fingerprint density at radius 2 is 1.79 bits per heavy atom. The molecule has 0 bridgehead atoms. The number of hydrogen-bond acceptors (Lipinski definition) is 2. The Bertz CT molecular complexity index is 663. The first-order valence-corrected chi connectivity index (χ1v) is 6.87. The second-order valence-electron chi connectivity index (χ2n) is 6.05. The van der Waals surface area contributed by atoms with Gasteiger partial charge in [0.2, 0.25) is 0 Å². The molecule has 0 aliphatic carbocycles. The third-order valence-corrected chi connectivity index (χ3v) is 3.35. The maximum atomic E-state index is 5.30. The van der Waals surface area contributed by atoms with E-state index in [1.165, 1.54) is 16.7 Å². The van der Waals surface area contributed by atoms with Crippen molar-refractivity contribution in [3.63, 3.8) is 0 Å². The lowest BCUT2D eigenvalue weighted by molar-refractivity contribution is 0.545. The molecule has 0 unspecified atom stereocenters. The van der Waals surface area contributed by atoms with Gasteiger partial charge in [0, 0.05) is 16.7 Å². The van der Waals surface area contributed by atoms with Crippen molar-refractivity contribution >= 4 is 12.2 Å². The van der Waals surface area contributed by atoms with E-state index in [1.807, 2.05) is 6.07 Å². The zero-order valence-corrected chi connectivity index (χ0v) is 13.0. The molecule has 3 heteroatoms. The first-order valence-electron chi connectivity index (χ1n) is 6.47. The third-order valence-electron chi connectivity index (χ3n) is 3.14. The lowest BCUT2D eigenvalue weighted by Crippen LogP contribution is -2.16. The molecule has 2 rings (SSSR count). The second-order valence-corrected chi connectivity index (χ2v) is 6.47. The zero-order valence-electron chi connectivity index (χ0n) is 12.2. The van der Waals surface area contributed by atoms with E-state index >= 15 is 0 Å². The molecule has 0 aliphatic heterocycles. The summed E-state index contributed by atoms with van der Waals surface area (Å²) in [5.74, 6) is 0.927. The van der Waals surface area contributed by atoms with E-state index in [-0.39, 0.29) is 5.41 Å². The summed E-state index contributed by atoms with van der Waals surface area (Å²) in [7, 11) is 0. The number of hydrogen-bond donors (Lipinski definition) is 1. The highest BCUT2D eigenvalue weighted by Gasteiger charge is 2.17. The van der Waals surface area contributed by atoms with Crippen molar-refractivity contribution in [2.45, 2.75) is 40.0 Å². The molecule has 0 spiro atoms. The maximum Gasteiger partial charge on any atom is 0.130 e. The van der Waals surface area contributed by atoms with E-state index in [2.05, 4.69) is 62.8 Å². The third kappa shape index (κ3) is 3.10.